The van der Waals surface area contributed by atoms with E-state index in [1.807, 2.05) is 0 Å². The van der Waals surface area contributed by atoms with Crippen molar-refractivity contribution in [2.45, 2.75) is 0 Å². The Balaban J connectivity index is 2.53. The molecule has 2 rings (SSSR count). The average molecular weight is 212 g/mol. The van der Waals surface area contributed by atoms with E-state index in [1.54, 1.807) is 35.3 Å². The van der Waals surface area contributed by atoms with Crippen LogP contribution in [-0.4, -0.2) is 9.78 Å². The lowest BCUT2D eigenvalue weighted by atomic mass is 10.3. The average Bonchev–Trinajstić information content (AvgIpc) is 2.53. The Morgan fingerprint density at radius 2 is 1.85 bits per heavy atom. The van der Waals surface area contributed by atoms with Gasteiger partial charge in [-0.25, -0.2) is 4.68 Å². The molecule has 0 atom stereocenters. The molecular weight excluding hydrogens is 207 g/mol. The molecule has 1 aromatic carbocycles. The number of rotatable bonds is 1. The molecule has 0 saturated heterocycles. The third-order valence-corrected chi connectivity index (χ3v) is 2.00. The van der Waals surface area contributed by atoms with Crippen molar-refractivity contribution in [2.75, 3.05) is 0 Å². The smallest absolute Gasteiger partial charge is 0.0675 e. The molecule has 0 fully saturated rings. The van der Waals surface area contributed by atoms with Gasteiger partial charge >= 0.3 is 0 Å². The van der Waals surface area contributed by atoms with Crippen LogP contribution in [0.3, 0.4) is 0 Å². The van der Waals surface area contributed by atoms with E-state index in [4.69, 9.17) is 23.2 Å². The van der Waals surface area contributed by atoms with Crippen LogP contribution in [0.2, 0.25) is 10.0 Å². The third kappa shape index (κ3) is 1.85. The molecule has 0 N–H and O–H groups in total. The zero-order chi connectivity index (χ0) is 9.26. The van der Waals surface area contributed by atoms with Crippen LogP contribution in [0.25, 0.3) is 5.69 Å². The number of aromatic nitrogens is 2. The lowest BCUT2D eigenvalue weighted by molar-refractivity contribution is 0.880. The number of benzene rings is 1. The van der Waals surface area contributed by atoms with Crippen molar-refractivity contribution in [2.24, 2.45) is 0 Å². The first-order chi connectivity index (χ1) is 6.25. The Morgan fingerprint density at radius 3 is 2.38 bits per heavy atom. The van der Waals surface area contributed by atoms with Gasteiger partial charge in [-0.1, -0.05) is 23.2 Å². The van der Waals surface area contributed by atoms with E-state index in [2.05, 4.69) is 11.2 Å². The van der Waals surface area contributed by atoms with Crippen LogP contribution in [0.15, 0.2) is 30.6 Å². The van der Waals surface area contributed by atoms with Gasteiger partial charge in [0.25, 0.3) is 0 Å². The van der Waals surface area contributed by atoms with Crippen LogP contribution in [0.1, 0.15) is 0 Å². The van der Waals surface area contributed by atoms with Crippen molar-refractivity contribution < 1.29 is 0 Å². The summed E-state index contributed by atoms with van der Waals surface area (Å²) in [6.07, 6.45) is 3.29. The highest BCUT2D eigenvalue weighted by Gasteiger charge is 1.99. The third-order valence-electron chi connectivity index (χ3n) is 1.57. The Bertz CT molecular complexity index is 389. The molecular formula is C9H5Cl2N2. The predicted octanol–water partition coefficient (Wildman–Crippen LogP) is 2.98. The van der Waals surface area contributed by atoms with Crippen molar-refractivity contribution >= 4 is 23.2 Å². The van der Waals surface area contributed by atoms with Crippen LogP contribution < -0.4 is 0 Å². The maximum absolute atomic E-state index is 5.83. The molecule has 2 aromatic rings. The molecule has 0 bridgehead atoms. The van der Waals surface area contributed by atoms with Crippen LogP contribution in [-0.2, 0) is 0 Å². The monoisotopic (exact) mass is 211 g/mol. The van der Waals surface area contributed by atoms with Crippen molar-refractivity contribution in [3.63, 3.8) is 0 Å². The molecule has 1 heterocycles. The second-order valence-electron chi connectivity index (χ2n) is 2.51. The van der Waals surface area contributed by atoms with Crippen molar-refractivity contribution in [3.05, 3.63) is 46.7 Å². The zero-order valence-corrected chi connectivity index (χ0v) is 8.05. The summed E-state index contributed by atoms with van der Waals surface area (Å²) < 4.78 is 1.65. The molecule has 2 nitrogen and oxygen atoms in total. The van der Waals surface area contributed by atoms with Gasteiger partial charge in [-0.3, -0.25) is 0 Å². The maximum Gasteiger partial charge on any atom is 0.0675 e. The van der Waals surface area contributed by atoms with E-state index in [1.165, 1.54) is 0 Å². The number of halogens is 2. The quantitative estimate of drug-likeness (QED) is 0.710. The van der Waals surface area contributed by atoms with Gasteiger partial charge in [-0.2, -0.15) is 5.10 Å². The summed E-state index contributed by atoms with van der Waals surface area (Å²) in [5, 5.41) is 5.20. The highest BCUT2D eigenvalue weighted by atomic mass is 35.5. The predicted molar refractivity (Wildman–Crippen MR) is 52.4 cm³/mol. The summed E-state index contributed by atoms with van der Waals surface area (Å²) in [4.78, 5) is 0. The second-order valence-corrected chi connectivity index (χ2v) is 3.39. The van der Waals surface area contributed by atoms with Crippen LogP contribution in [0, 0.1) is 6.07 Å². The Labute approximate surface area is 85.7 Å². The van der Waals surface area contributed by atoms with Crippen molar-refractivity contribution in [1.29, 1.82) is 0 Å². The normalized spacial score (nSPS) is 10.3. The van der Waals surface area contributed by atoms with Gasteiger partial charge in [-0.05, 0) is 18.2 Å². The standard InChI is InChI=1S/C9H5Cl2N2/c10-7-4-8(11)6-9(5-7)13-3-1-2-12-13/h2-6H. The van der Waals surface area contributed by atoms with E-state index in [0.717, 1.165) is 5.69 Å². The minimum atomic E-state index is 0.595. The fraction of sp³-hybridized carbons (Fsp3) is 0. The largest absolute Gasteiger partial charge is 0.240 e. The zero-order valence-electron chi connectivity index (χ0n) is 6.54. The molecule has 0 aliphatic carbocycles. The minimum Gasteiger partial charge on any atom is -0.240 e. The summed E-state index contributed by atoms with van der Waals surface area (Å²) in [5.41, 5.74) is 0.832. The molecule has 13 heavy (non-hydrogen) atoms. The van der Waals surface area contributed by atoms with Gasteiger partial charge in [0.05, 0.1) is 11.9 Å². The minimum absolute atomic E-state index is 0.595. The summed E-state index contributed by atoms with van der Waals surface area (Å²) in [7, 11) is 0. The van der Waals surface area contributed by atoms with Gasteiger partial charge in [-0.15, -0.1) is 0 Å². The summed E-state index contributed by atoms with van der Waals surface area (Å²) in [6, 6.07) is 8.09. The first-order valence-corrected chi connectivity index (χ1v) is 4.38. The topological polar surface area (TPSA) is 17.8 Å². The molecule has 4 heteroatoms. The molecule has 1 radical (unpaired) electrons. The molecule has 0 aliphatic rings. The van der Waals surface area contributed by atoms with Crippen molar-refractivity contribution in [3.8, 4) is 5.69 Å². The van der Waals surface area contributed by atoms with E-state index < -0.39 is 0 Å². The summed E-state index contributed by atoms with van der Waals surface area (Å²) >= 11 is 11.7. The highest BCUT2D eigenvalue weighted by Crippen LogP contribution is 2.20. The lowest BCUT2D eigenvalue weighted by Gasteiger charge is -2.01. The lowest BCUT2D eigenvalue weighted by Crippen LogP contribution is -1.93. The van der Waals surface area contributed by atoms with E-state index >= 15 is 0 Å². The number of hydrogen-bond acceptors (Lipinski definition) is 1. The SMILES string of the molecule is Clc1cc(Cl)cc(-n2c[c]cn2)c1. The molecule has 1 aromatic heterocycles. The van der Waals surface area contributed by atoms with E-state index in [0.29, 0.717) is 10.0 Å². The van der Waals surface area contributed by atoms with E-state index in [9.17, 15) is 0 Å². The second kappa shape index (κ2) is 3.40. The van der Waals surface area contributed by atoms with E-state index in [-0.39, 0.29) is 0 Å². The first kappa shape index (κ1) is 8.60. The molecule has 65 valence electrons. The number of nitrogens with zero attached hydrogens (tertiary/aromatic N) is 2. The fourth-order valence-corrected chi connectivity index (χ4v) is 1.56. The van der Waals surface area contributed by atoms with Crippen LogP contribution in [0.4, 0.5) is 0 Å². The van der Waals surface area contributed by atoms with Gasteiger partial charge in [0.2, 0.25) is 0 Å². The molecule has 0 saturated carbocycles. The molecule has 0 amide bonds. The maximum atomic E-state index is 5.83. The Morgan fingerprint density at radius 1 is 1.15 bits per heavy atom. The summed E-state index contributed by atoms with van der Waals surface area (Å²) in [5.74, 6) is 0. The highest BCUT2D eigenvalue weighted by molar-refractivity contribution is 6.34. The van der Waals surface area contributed by atoms with Gasteiger partial charge in [0.1, 0.15) is 0 Å². The van der Waals surface area contributed by atoms with Crippen molar-refractivity contribution in [1.82, 2.24) is 9.78 Å². The van der Waals surface area contributed by atoms with Gasteiger partial charge in [0.15, 0.2) is 0 Å². The Kier molecular flexibility index (Phi) is 2.25. The molecule has 0 unspecified atom stereocenters. The summed E-state index contributed by atoms with van der Waals surface area (Å²) in [6.45, 7) is 0. The van der Waals surface area contributed by atoms with Gasteiger partial charge < -0.3 is 0 Å². The Hall–Kier alpha value is -0.990. The van der Waals surface area contributed by atoms with Crippen LogP contribution >= 0.6 is 23.2 Å². The first-order valence-electron chi connectivity index (χ1n) is 3.63. The van der Waals surface area contributed by atoms with Crippen LogP contribution in [0.5, 0.6) is 0 Å². The number of hydrogen-bond donors (Lipinski definition) is 0. The fourth-order valence-electron chi connectivity index (χ4n) is 1.05. The molecule has 0 aliphatic heterocycles. The molecule has 0 spiro atoms. The van der Waals surface area contributed by atoms with Gasteiger partial charge in [0, 0.05) is 22.3 Å².